The van der Waals surface area contributed by atoms with Gasteiger partial charge in [-0.3, -0.25) is 9.59 Å². The lowest BCUT2D eigenvalue weighted by atomic mass is 10.2. The minimum Gasteiger partial charge on any atom is -0.350 e. The van der Waals surface area contributed by atoms with Gasteiger partial charge in [0.1, 0.15) is 0 Å². The van der Waals surface area contributed by atoms with Crippen LogP contribution in [0.2, 0.25) is 0 Å². The summed E-state index contributed by atoms with van der Waals surface area (Å²) in [6.45, 7) is 13.9. The van der Waals surface area contributed by atoms with Crippen molar-refractivity contribution in [1.82, 2.24) is 10.6 Å². The number of carbonyl (C=O) groups is 2. The summed E-state index contributed by atoms with van der Waals surface area (Å²) >= 11 is 0. The van der Waals surface area contributed by atoms with Crippen molar-refractivity contribution in [3.8, 4) is 0 Å². The van der Waals surface area contributed by atoms with Gasteiger partial charge in [0.05, 0.1) is 39.3 Å². The fourth-order valence-corrected chi connectivity index (χ4v) is 3.24. The molecule has 0 unspecified atom stereocenters. The van der Waals surface area contributed by atoms with Gasteiger partial charge < -0.3 is 15.1 Å². The highest BCUT2D eigenvalue weighted by Crippen LogP contribution is 2.05. The number of rotatable bonds is 18. The first-order valence-electron chi connectivity index (χ1n) is 11.7. The molecule has 0 saturated carbocycles. The Bertz CT molecular complexity index is 443. The maximum Gasteiger partial charge on any atom is 0.220 e. The van der Waals surface area contributed by atoms with Crippen LogP contribution in [-0.2, 0) is 9.59 Å². The Morgan fingerprint density at radius 2 is 1.03 bits per heavy atom. The van der Waals surface area contributed by atoms with Crippen molar-refractivity contribution < 1.29 is 14.1 Å². The molecule has 0 radical (unpaired) electrons. The number of nitrogens with one attached hydrogen (secondary N) is 2. The number of amides is 2. The van der Waals surface area contributed by atoms with Crippen molar-refractivity contribution in [1.29, 1.82) is 0 Å². The zero-order valence-electron chi connectivity index (χ0n) is 19.5. The van der Waals surface area contributed by atoms with Gasteiger partial charge in [-0.1, -0.05) is 51.0 Å². The maximum absolute atomic E-state index is 12.0. The molecule has 5 nitrogen and oxygen atoms in total. The molecule has 29 heavy (non-hydrogen) atoms. The Hall–Kier alpha value is -1.62. The maximum atomic E-state index is 12.0. The fraction of sp³-hybridized carbons (Fsp3) is 0.750. The van der Waals surface area contributed by atoms with Crippen molar-refractivity contribution in [3.05, 3.63) is 24.3 Å². The summed E-state index contributed by atoms with van der Waals surface area (Å²) in [5.41, 5.74) is 0. The van der Waals surface area contributed by atoms with E-state index in [-0.39, 0.29) is 11.8 Å². The standard InChI is InChI=1S/C24H45N3O2/c1-5-9-11-13-15-17-23(28)25-19-21-27(7-3,8-4)22-20-26-24(29)18-16-14-12-10-6-2/h11-14H,5-10,15-22H2,1-4H3,(H-,25,26,28,29)/p+1/b13-11+,14-12+. The SMILES string of the molecule is CCC/C=C/CCC(=O)NCC[N+](CC)(CC)CCNC(=O)CC/C=C/CCC. The molecule has 0 aliphatic rings. The monoisotopic (exact) mass is 408 g/mol. The smallest absolute Gasteiger partial charge is 0.220 e. The molecular weight excluding hydrogens is 362 g/mol. The molecule has 0 aliphatic heterocycles. The molecule has 0 aromatic carbocycles. The van der Waals surface area contributed by atoms with E-state index in [4.69, 9.17) is 0 Å². The molecule has 0 fully saturated rings. The molecule has 2 N–H and O–H groups in total. The van der Waals surface area contributed by atoms with Crippen LogP contribution in [0.1, 0.15) is 79.1 Å². The number of allylic oxidation sites excluding steroid dienone is 4. The van der Waals surface area contributed by atoms with E-state index in [1.54, 1.807) is 0 Å². The van der Waals surface area contributed by atoms with Crippen LogP contribution in [0.5, 0.6) is 0 Å². The Kier molecular flexibility index (Phi) is 17.4. The molecule has 0 rings (SSSR count). The highest BCUT2D eigenvalue weighted by atomic mass is 16.2. The molecule has 5 heteroatoms. The Labute approximate surface area is 179 Å². The lowest BCUT2D eigenvalue weighted by Crippen LogP contribution is -2.54. The molecule has 168 valence electrons. The van der Waals surface area contributed by atoms with E-state index in [0.29, 0.717) is 25.9 Å². The Morgan fingerprint density at radius 3 is 1.38 bits per heavy atom. The minimum absolute atomic E-state index is 0.126. The quantitative estimate of drug-likeness (QED) is 0.262. The van der Waals surface area contributed by atoms with E-state index >= 15 is 0 Å². The zero-order chi connectivity index (χ0) is 21.8. The minimum atomic E-state index is 0.126. The van der Waals surface area contributed by atoms with Crippen LogP contribution in [0.3, 0.4) is 0 Å². The first-order chi connectivity index (χ1) is 14.0. The van der Waals surface area contributed by atoms with Crippen molar-refractivity contribution in [3.63, 3.8) is 0 Å². The number of hydrogen-bond donors (Lipinski definition) is 2. The molecule has 0 heterocycles. The summed E-state index contributed by atoms with van der Waals surface area (Å²) in [6, 6.07) is 0. The van der Waals surface area contributed by atoms with Gasteiger partial charge in [0.2, 0.25) is 11.8 Å². The van der Waals surface area contributed by atoms with Gasteiger partial charge >= 0.3 is 0 Å². The third-order valence-electron chi connectivity index (χ3n) is 5.48. The van der Waals surface area contributed by atoms with Crippen molar-refractivity contribution in [2.75, 3.05) is 39.3 Å². The van der Waals surface area contributed by atoms with Crippen LogP contribution in [0.15, 0.2) is 24.3 Å². The molecule has 0 spiro atoms. The van der Waals surface area contributed by atoms with E-state index < -0.39 is 0 Å². The van der Waals surface area contributed by atoms with Gasteiger partial charge in [0.25, 0.3) is 0 Å². The average molecular weight is 409 g/mol. The summed E-state index contributed by atoms with van der Waals surface area (Å²) in [4.78, 5) is 24.0. The van der Waals surface area contributed by atoms with E-state index in [0.717, 1.165) is 69.2 Å². The normalized spacial score (nSPS) is 12.0. The molecule has 0 aliphatic carbocycles. The van der Waals surface area contributed by atoms with Gasteiger partial charge in [-0.25, -0.2) is 0 Å². The third kappa shape index (κ3) is 15.0. The van der Waals surface area contributed by atoms with Gasteiger partial charge in [-0.15, -0.1) is 0 Å². The summed E-state index contributed by atoms with van der Waals surface area (Å²) in [7, 11) is 0. The van der Waals surface area contributed by atoms with Crippen LogP contribution < -0.4 is 10.6 Å². The number of unbranched alkanes of at least 4 members (excludes halogenated alkanes) is 2. The molecule has 2 amide bonds. The highest BCUT2D eigenvalue weighted by Gasteiger charge is 2.22. The number of nitrogens with zero attached hydrogens (tertiary/aromatic N) is 1. The van der Waals surface area contributed by atoms with E-state index in [1.165, 1.54) is 0 Å². The number of carbonyl (C=O) groups excluding carboxylic acids is 2. The van der Waals surface area contributed by atoms with Crippen LogP contribution in [0.25, 0.3) is 0 Å². The van der Waals surface area contributed by atoms with Gasteiger partial charge in [-0.05, 0) is 39.5 Å². The summed E-state index contributed by atoms with van der Waals surface area (Å²) in [5, 5.41) is 6.12. The largest absolute Gasteiger partial charge is 0.350 e. The van der Waals surface area contributed by atoms with Gasteiger partial charge in [0.15, 0.2) is 0 Å². The van der Waals surface area contributed by atoms with E-state index in [9.17, 15) is 9.59 Å². The van der Waals surface area contributed by atoms with Crippen molar-refractivity contribution >= 4 is 11.8 Å². The molecular formula is C24H46N3O2+. The first kappa shape index (κ1) is 27.4. The summed E-state index contributed by atoms with van der Waals surface area (Å²) in [6.07, 6.45) is 15.7. The topological polar surface area (TPSA) is 58.2 Å². The lowest BCUT2D eigenvalue weighted by Gasteiger charge is -2.37. The fourth-order valence-electron chi connectivity index (χ4n) is 3.24. The summed E-state index contributed by atoms with van der Waals surface area (Å²) < 4.78 is 0.910. The first-order valence-corrected chi connectivity index (χ1v) is 11.7. The predicted octanol–water partition coefficient (Wildman–Crippen LogP) is 4.35. The van der Waals surface area contributed by atoms with Crippen LogP contribution in [-0.4, -0.2) is 55.6 Å². The molecule has 0 saturated heterocycles. The highest BCUT2D eigenvalue weighted by molar-refractivity contribution is 5.76. The van der Waals surface area contributed by atoms with Gasteiger partial charge in [0, 0.05) is 12.8 Å². The third-order valence-corrected chi connectivity index (χ3v) is 5.48. The van der Waals surface area contributed by atoms with Crippen LogP contribution in [0, 0.1) is 0 Å². The van der Waals surface area contributed by atoms with E-state index in [2.05, 4.69) is 62.6 Å². The average Bonchev–Trinajstić information content (AvgIpc) is 2.72. The van der Waals surface area contributed by atoms with E-state index in [1.807, 2.05) is 0 Å². The second-order valence-electron chi connectivity index (χ2n) is 7.72. The van der Waals surface area contributed by atoms with Crippen LogP contribution >= 0.6 is 0 Å². The second-order valence-corrected chi connectivity index (χ2v) is 7.72. The predicted molar refractivity (Wildman–Crippen MR) is 124 cm³/mol. The molecule has 0 aromatic rings. The lowest BCUT2D eigenvalue weighted by molar-refractivity contribution is -0.922. The number of likely N-dealkylation sites (N-methyl/N-ethyl adjacent to an activating group) is 1. The number of quaternary nitrogens is 1. The second kappa shape index (κ2) is 18.4. The molecule has 0 bridgehead atoms. The molecule has 0 aromatic heterocycles. The van der Waals surface area contributed by atoms with Crippen LogP contribution in [0.4, 0.5) is 0 Å². The van der Waals surface area contributed by atoms with Crippen molar-refractivity contribution in [2.24, 2.45) is 0 Å². The number of hydrogen-bond acceptors (Lipinski definition) is 2. The Balaban J connectivity index is 4.13. The zero-order valence-corrected chi connectivity index (χ0v) is 19.5. The van der Waals surface area contributed by atoms with Gasteiger partial charge in [-0.2, -0.15) is 0 Å². The summed E-state index contributed by atoms with van der Waals surface area (Å²) in [5.74, 6) is 0.252. The van der Waals surface area contributed by atoms with Crippen molar-refractivity contribution in [2.45, 2.75) is 79.1 Å². The Morgan fingerprint density at radius 1 is 0.655 bits per heavy atom. The molecule has 0 atom stereocenters.